The molecule has 2 aliphatic heterocycles. The third-order valence-electron chi connectivity index (χ3n) is 12.1. The number of aliphatic hydroxyl groups excluding tert-OH is 1. The van der Waals surface area contributed by atoms with Gasteiger partial charge in [0.15, 0.2) is 0 Å². The molecule has 200 valence electrons. The first-order valence-electron chi connectivity index (χ1n) is 15.2. The van der Waals surface area contributed by atoms with Crippen LogP contribution in [0.1, 0.15) is 95.1 Å². The van der Waals surface area contributed by atoms with Crippen LogP contribution in [0.15, 0.2) is 18.2 Å². The molecule has 2 spiro atoms. The van der Waals surface area contributed by atoms with Crippen LogP contribution in [-0.4, -0.2) is 33.6 Å². The van der Waals surface area contributed by atoms with E-state index >= 15 is 0 Å². The number of aromatic hydroxyl groups is 1. The molecule has 8 atom stereocenters. The molecule has 4 saturated carbocycles. The van der Waals surface area contributed by atoms with Crippen molar-refractivity contribution in [1.29, 1.82) is 0 Å². The van der Waals surface area contributed by atoms with Crippen LogP contribution in [0.3, 0.4) is 0 Å². The Kier molecular flexibility index (Phi) is 5.61. The molecule has 0 unspecified atom stereocenters. The monoisotopic (exact) mass is 503 g/mol. The molecule has 4 N–H and O–H groups in total. The smallest absolute Gasteiger partial charge is 0.115 e. The van der Waals surface area contributed by atoms with Gasteiger partial charge in [-0.2, -0.15) is 0 Å². The van der Waals surface area contributed by atoms with E-state index in [1.807, 2.05) is 12.1 Å². The van der Waals surface area contributed by atoms with Gasteiger partial charge < -0.3 is 20.7 Å². The van der Waals surface area contributed by atoms with Crippen LogP contribution in [0, 0.1) is 46.8 Å². The fraction of sp³-hybridized carbons (Fsp3) is 0.758. The lowest BCUT2D eigenvalue weighted by Crippen LogP contribution is -2.81. The second-order valence-corrected chi connectivity index (χ2v) is 14.3. The van der Waals surface area contributed by atoms with Crippen molar-refractivity contribution in [2.75, 3.05) is 6.61 Å². The first-order chi connectivity index (χ1) is 17.8. The number of aliphatic hydroxyl groups is 1. The van der Waals surface area contributed by atoms with Crippen LogP contribution in [-0.2, 0) is 17.6 Å². The molecular weight excluding hydrogens is 458 g/mol. The van der Waals surface area contributed by atoms with Gasteiger partial charge in [0.1, 0.15) is 5.75 Å². The molecule has 37 heavy (non-hydrogen) atoms. The van der Waals surface area contributed by atoms with Crippen LogP contribution < -0.4 is 5.73 Å². The summed E-state index contributed by atoms with van der Waals surface area (Å²) >= 11 is 0. The molecule has 6 fully saturated rings. The lowest BCUT2D eigenvalue weighted by atomic mass is 9.42. The fourth-order valence-electron chi connectivity index (χ4n) is 11.2. The third kappa shape index (κ3) is 3.60. The number of ether oxygens (including phenoxy) is 1. The zero-order valence-corrected chi connectivity index (χ0v) is 22.6. The lowest BCUT2D eigenvalue weighted by Gasteiger charge is -2.73. The maximum Gasteiger partial charge on any atom is 0.115 e. The summed E-state index contributed by atoms with van der Waals surface area (Å²) in [5, 5.41) is 20.6. The molecule has 2 saturated heterocycles. The van der Waals surface area contributed by atoms with E-state index in [-0.39, 0.29) is 29.6 Å². The van der Waals surface area contributed by atoms with Crippen molar-refractivity contribution in [3.05, 3.63) is 29.3 Å². The normalized spacial score (nSPS) is 45.3. The molecule has 4 nitrogen and oxygen atoms in total. The summed E-state index contributed by atoms with van der Waals surface area (Å²) < 4.78 is 7.53. The largest absolute Gasteiger partial charge is 0.508 e. The van der Waals surface area contributed by atoms with Gasteiger partial charge in [0.2, 0.25) is 0 Å². The Morgan fingerprint density at radius 3 is 2.70 bits per heavy atom. The van der Waals surface area contributed by atoms with E-state index in [1.54, 1.807) is 0 Å². The van der Waals surface area contributed by atoms with Crippen molar-refractivity contribution in [2.45, 2.75) is 114 Å². The summed E-state index contributed by atoms with van der Waals surface area (Å²) in [7, 11) is 0. The Bertz CT molecular complexity index is 1130. The van der Waals surface area contributed by atoms with E-state index < -0.39 is 5.54 Å². The van der Waals surface area contributed by atoms with Crippen molar-refractivity contribution >= 4 is 0 Å². The van der Waals surface area contributed by atoms with Gasteiger partial charge in [0.05, 0.1) is 17.1 Å². The number of phenolic OH excluding ortho intramolecular Hbond substituents is 1. The zero-order valence-electron chi connectivity index (χ0n) is 22.6. The summed E-state index contributed by atoms with van der Waals surface area (Å²) in [6.07, 6.45) is 16.1. The van der Waals surface area contributed by atoms with E-state index in [2.05, 4.69) is 24.8 Å². The predicted molar refractivity (Wildman–Crippen MR) is 145 cm³/mol. The number of hydrogen-bond acceptors (Lipinski definition) is 4. The van der Waals surface area contributed by atoms with Crippen LogP contribution in [0.2, 0.25) is 0 Å². The standard InChI is InChI=1S/C33H45NO3/c1-30-11-5-7-25-20-33(37-30)26-17-22(19-31(21-26)12-2-3-13-31)16-24-9-10-27(36)18-23(24)6-4-8-28(33)32(34,14-15-35)29(25)30/h9-10,18,22,25-26,28-29,35-36H,2-3,5-7,11-17,19-21,34H2,1H3/t22-,25+,26+,28+,29+,30-,32+,33-/m1/s1. The molecule has 5 aliphatic carbocycles. The van der Waals surface area contributed by atoms with Gasteiger partial charge >= 0.3 is 0 Å². The first-order valence-corrected chi connectivity index (χ1v) is 15.2. The van der Waals surface area contributed by atoms with Crippen molar-refractivity contribution in [3.8, 4) is 17.6 Å². The van der Waals surface area contributed by atoms with Gasteiger partial charge in [-0.05, 0) is 118 Å². The quantitative estimate of drug-likeness (QED) is 0.465. The minimum absolute atomic E-state index is 0.0550. The Labute approximate surface area is 222 Å². The van der Waals surface area contributed by atoms with E-state index in [9.17, 15) is 10.2 Å². The molecule has 0 aromatic heterocycles. The molecule has 6 bridgehead atoms. The van der Waals surface area contributed by atoms with Gasteiger partial charge in [0.25, 0.3) is 0 Å². The van der Waals surface area contributed by atoms with E-state index in [1.165, 1.54) is 68.9 Å². The SMILES string of the molecule is C[C@]12CCC[C@H]3C[C@@]4(O1)[C@H]1C[C@@H](Cc5ccc(O)cc5CC#C[C@H]4[C@@](N)(CCO)[C@@H]32)CC2(CCCC2)C1. The average molecular weight is 504 g/mol. The number of nitrogens with two attached hydrogens (primary N) is 1. The molecule has 4 heteroatoms. The molecule has 8 rings (SSSR count). The Morgan fingerprint density at radius 1 is 1.08 bits per heavy atom. The molecule has 0 radical (unpaired) electrons. The topological polar surface area (TPSA) is 75.7 Å². The van der Waals surface area contributed by atoms with Crippen molar-refractivity contribution in [1.82, 2.24) is 0 Å². The summed E-state index contributed by atoms with van der Waals surface area (Å²) in [6.45, 7) is 2.46. The number of fused-ring (bicyclic) bond motifs is 3. The van der Waals surface area contributed by atoms with Gasteiger partial charge in [-0.3, -0.25) is 0 Å². The Morgan fingerprint density at radius 2 is 1.92 bits per heavy atom. The highest BCUT2D eigenvalue weighted by molar-refractivity contribution is 5.39. The summed E-state index contributed by atoms with van der Waals surface area (Å²) in [4.78, 5) is 0. The number of benzene rings is 1. The summed E-state index contributed by atoms with van der Waals surface area (Å²) in [6, 6.07) is 5.93. The molecule has 0 amide bonds. The highest BCUT2D eigenvalue weighted by atomic mass is 16.5. The Hall–Kier alpha value is -1.54. The van der Waals surface area contributed by atoms with Crippen LogP contribution >= 0.6 is 0 Å². The second-order valence-electron chi connectivity index (χ2n) is 14.3. The number of hydrogen-bond donors (Lipinski definition) is 3. The fourth-order valence-corrected chi connectivity index (χ4v) is 11.2. The maximum atomic E-state index is 10.3. The average Bonchev–Trinajstić information content (AvgIpc) is 3.27. The molecule has 1 aromatic carbocycles. The van der Waals surface area contributed by atoms with Gasteiger partial charge in [-0.25, -0.2) is 0 Å². The molecule has 2 heterocycles. The summed E-state index contributed by atoms with van der Waals surface area (Å²) in [5.74, 6) is 9.53. The Balaban J connectivity index is 1.41. The van der Waals surface area contributed by atoms with E-state index in [0.717, 1.165) is 19.3 Å². The zero-order chi connectivity index (χ0) is 25.5. The second kappa shape index (κ2) is 8.48. The van der Waals surface area contributed by atoms with Crippen LogP contribution in [0.4, 0.5) is 0 Å². The summed E-state index contributed by atoms with van der Waals surface area (Å²) in [5.41, 5.74) is 9.47. The molecule has 1 aromatic rings. The van der Waals surface area contributed by atoms with Gasteiger partial charge in [-0.15, -0.1) is 0 Å². The van der Waals surface area contributed by atoms with E-state index in [4.69, 9.17) is 10.5 Å². The third-order valence-corrected chi connectivity index (χ3v) is 12.1. The van der Waals surface area contributed by atoms with Crippen molar-refractivity contribution in [2.24, 2.45) is 40.7 Å². The minimum Gasteiger partial charge on any atom is -0.508 e. The number of phenols is 1. The van der Waals surface area contributed by atoms with E-state index in [0.29, 0.717) is 41.8 Å². The highest BCUT2D eigenvalue weighted by Gasteiger charge is 2.73. The maximum absolute atomic E-state index is 10.3. The van der Waals surface area contributed by atoms with Gasteiger partial charge in [-0.1, -0.05) is 37.2 Å². The van der Waals surface area contributed by atoms with Crippen LogP contribution in [0.25, 0.3) is 0 Å². The van der Waals surface area contributed by atoms with Crippen molar-refractivity contribution in [3.63, 3.8) is 0 Å². The molecule has 7 aliphatic rings. The van der Waals surface area contributed by atoms with Crippen LogP contribution in [0.5, 0.6) is 5.75 Å². The number of rotatable bonds is 2. The minimum atomic E-state index is -0.524. The molecular formula is C33H45NO3. The highest BCUT2D eigenvalue weighted by Crippen LogP contribution is 2.69. The first kappa shape index (κ1) is 24.5. The van der Waals surface area contributed by atoms with Crippen molar-refractivity contribution < 1.29 is 14.9 Å². The predicted octanol–water partition coefficient (Wildman–Crippen LogP) is 5.51. The lowest BCUT2D eigenvalue weighted by molar-refractivity contribution is -0.343. The van der Waals surface area contributed by atoms with Gasteiger partial charge in [0, 0.05) is 24.5 Å².